The fraction of sp³-hybridized carbons (Fsp3) is 0.909. The van der Waals surface area contributed by atoms with Crippen LogP contribution in [-0.4, -0.2) is 17.3 Å². The van der Waals surface area contributed by atoms with Gasteiger partial charge in [-0.05, 0) is 18.8 Å². The Labute approximate surface area is 92.8 Å². The summed E-state index contributed by atoms with van der Waals surface area (Å²) in [4.78, 5) is 10.5. The molecule has 1 N–H and O–H groups in total. The maximum absolute atomic E-state index is 12.7. The van der Waals surface area contributed by atoms with E-state index in [2.05, 4.69) is 0 Å². The van der Waals surface area contributed by atoms with Crippen molar-refractivity contribution in [2.45, 2.75) is 51.1 Å². The van der Waals surface area contributed by atoms with E-state index in [-0.39, 0.29) is 0 Å². The van der Waals surface area contributed by atoms with Crippen LogP contribution in [0.25, 0.3) is 0 Å². The van der Waals surface area contributed by atoms with E-state index in [9.17, 15) is 18.0 Å². The second-order valence-electron chi connectivity index (χ2n) is 4.50. The van der Waals surface area contributed by atoms with Gasteiger partial charge in [-0.1, -0.05) is 25.7 Å². The first-order valence-electron chi connectivity index (χ1n) is 5.69. The average Bonchev–Trinajstić information content (AvgIpc) is 2.40. The summed E-state index contributed by atoms with van der Waals surface area (Å²) >= 11 is 0. The fourth-order valence-corrected chi connectivity index (χ4v) is 2.45. The number of aliphatic carboxylic acids is 1. The number of carboxylic acid groups (broad SMARTS) is 1. The van der Waals surface area contributed by atoms with Gasteiger partial charge in [-0.15, -0.1) is 0 Å². The van der Waals surface area contributed by atoms with Crippen LogP contribution in [0.4, 0.5) is 13.2 Å². The van der Waals surface area contributed by atoms with Crippen LogP contribution in [0.5, 0.6) is 0 Å². The van der Waals surface area contributed by atoms with Crippen LogP contribution in [0.1, 0.15) is 44.9 Å². The maximum atomic E-state index is 12.7. The lowest BCUT2D eigenvalue weighted by Gasteiger charge is -2.26. The molecule has 1 atom stereocenters. The van der Waals surface area contributed by atoms with Crippen LogP contribution in [-0.2, 0) is 4.79 Å². The molecule has 0 radical (unpaired) electrons. The van der Waals surface area contributed by atoms with Gasteiger partial charge in [-0.2, -0.15) is 13.2 Å². The summed E-state index contributed by atoms with van der Waals surface area (Å²) in [7, 11) is 0. The van der Waals surface area contributed by atoms with E-state index in [1.807, 2.05) is 0 Å². The third kappa shape index (κ3) is 4.02. The molecule has 0 heterocycles. The lowest BCUT2D eigenvalue weighted by molar-refractivity contribution is -0.196. The first-order valence-corrected chi connectivity index (χ1v) is 5.69. The van der Waals surface area contributed by atoms with Crippen molar-refractivity contribution in [3.05, 3.63) is 0 Å². The predicted octanol–water partition coefficient (Wildman–Crippen LogP) is 3.61. The van der Waals surface area contributed by atoms with Crippen molar-refractivity contribution in [2.75, 3.05) is 0 Å². The number of halogens is 3. The van der Waals surface area contributed by atoms with Gasteiger partial charge in [-0.25, -0.2) is 0 Å². The van der Waals surface area contributed by atoms with Crippen molar-refractivity contribution >= 4 is 5.97 Å². The second-order valence-corrected chi connectivity index (χ2v) is 4.50. The van der Waals surface area contributed by atoms with E-state index < -0.39 is 30.4 Å². The molecule has 94 valence electrons. The standard InChI is InChI=1S/C11H17F3O2/c12-11(13,14)9(7-10(15)16)8-5-3-1-2-4-6-8/h8-9H,1-7H2,(H,15,16). The van der Waals surface area contributed by atoms with E-state index in [1.165, 1.54) is 0 Å². The zero-order chi connectivity index (χ0) is 12.2. The molecule has 0 aromatic heterocycles. The Bertz CT molecular complexity index is 230. The van der Waals surface area contributed by atoms with Gasteiger partial charge < -0.3 is 5.11 Å². The van der Waals surface area contributed by atoms with Gasteiger partial charge in [0.05, 0.1) is 12.3 Å². The Kier molecular flexibility index (Phi) is 4.62. The van der Waals surface area contributed by atoms with Crippen LogP contribution in [0.3, 0.4) is 0 Å². The summed E-state index contributed by atoms with van der Waals surface area (Å²) in [6, 6.07) is 0. The zero-order valence-corrected chi connectivity index (χ0v) is 9.09. The lowest BCUT2D eigenvalue weighted by atomic mass is 9.83. The second kappa shape index (κ2) is 5.55. The molecule has 0 aliphatic heterocycles. The fourth-order valence-electron chi connectivity index (χ4n) is 2.45. The van der Waals surface area contributed by atoms with Crippen molar-refractivity contribution < 1.29 is 23.1 Å². The number of hydrogen-bond acceptors (Lipinski definition) is 1. The van der Waals surface area contributed by atoms with E-state index in [0.717, 1.165) is 25.7 Å². The van der Waals surface area contributed by atoms with Gasteiger partial charge in [0.1, 0.15) is 0 Å². The average molecular weight is 238 g/mol. The van der Waals surface area contributed by atoms with Gasteiger partial charge in [0, 0.05) is 0 Å². The molecule has 1 saturated carbocycles. The minimum absolute atomic E-state index is 0.501. The van der Waals surface area contributed by atoms with E-state index in [1.54, 1.807) is 0 Å². The molecule has 2 nitrogen and oxygen atoms in total. The summed E-state index contributed by atoms with van der Waals surface area (Å²) in [6.45, 7) is 0. The molecule has 0 spiro atoms. The molecule has 0 aromatic rings. The number of rotatable bonds is 3. The highest BCUT2D eigenvalue weighted by Crippen LogP contribution is 2.40. The molecule has 1 fully saturated rings. The van der Waals surface area contributed by atoms with Gasteiger partial charge >= 0.3 is 12.1 Å². The third-order valence-corrected chi connectivity index (χ3v) is 3.28. The first-order chi connectivity index (χ1) is 7.41. The van der Waals surface area contributed by atoms with Crippen LogP contribution < -0.4 is 0 Å². The highest BCUT2D eigenvalue weighted by molar-refractivity contribution is 5.67. The normalized spacial score (nSPS) is 21.4. The number of alkyl halides is 3. The highest BCUT2D eigenvalue weighted by Gasteiger charge is 2.45. The third-order valence-electron chi connectivity index (χ3n) is 3.28. The Balaban J connectivity index is 2.69. The zero-order valence-electron chi connectivity index (χ0n) is 9.09. The minimum Gasteiger partial charge on any atom is -0.481 e. The Morgan fingerprint density at radius 1 is 1.19 bits per heavy atom. The molecule has 1 unspecified atom stereocenters. The van der Waals surface area contributed by atoms with Gasteiger partial charge in [0.15, 0.2) is 0 Å². The van der Waals surface area contributed by atoms with E-state index in [0.29, 0.717) is 12.8 Å². The number of carbonyl (C=O) groups is 1. The quantitative estimate of drug-likeness (QED) is 0.762. The van der Waals surface area contributed by atoms with Crippen LogP contribution in [0.15, 0.2) is 0 Å². The number of hydrogen-bond donors (Lipinski definition) is 1. The molecule has 1 aliphatic carbocycles. The van der Waals surface area contributed by atoms with Crippen molar-refractivity contribution in [3.63, 3.8) is 0 Å². The molecular formula is C11H17F3O2. The van der Waals surface area contributed by atoms with Crippen LogP contribution in [0, 0.1) is 11.8 Å². The van der Waals surface area contributed by atoms with E-state index >= 15 is 0 Å². The van der Waals surface area contributed by atoms with Gasteiger partial charge in [0.2, 0.25) is 0 Å². The van der Waals surface area contributed by atoms with Crippen molar-refractivity contribution in [3.8, 4) is 0 Å². The number of carboxylic acids is 1. The smallest absolute Gasteiger partial charge is 0.392 e. The summed E-state index contributed by atoms with van der Waals surface area (Å²) < 4.78 is 38.2. The van der Waals surface area contributed by atoms with Crippen molar-refractivity contribution in [1.82, 2.24) is 0 Å². The van der Waals surface area contributed by atoms with E-state index in [4.69, 9.17) is 5.11 Å². The van der Waals surface area contributed by atoms with Crippen LogP contribution in [0.2, 0.25) is 0 Å². The monoisotopic (exact) mass is 238 g/mol. The predicted molar refractivity (Wildman–Crippen MR) is 53.0 cm³/mol. The largest absolute Gasteiger partial charge is 0.481 e. The Hall–Kier alpha value is -0.740. The SMILES string of the molecule is O=C(O)CC(C1CCCCCC1)C(F)(F)F. The Morgan fingerprint density at radius 2 is 1.69 bits per heavy atom. The summed E-state index contributed by atoms with van der Waals surface area (Å²) in [5.41, 5.74) is 0. The van der Waals surface area contributed by atoms with Crippen molar-refractivity contribution in [2.24, 2.45) is 11.8 Å². The summed E-state index contributed by atoms with van der Waals surface area (Å²) in [5.74, 6) is -3.52. The molecule has 1 rings (SSSR count). The Morgan fingerprint density at radius 3 is 2.06 bits per heavy atom. The molecular weight excluding hydrogens is 221 g/mol. The molecule has 5 heteroatoms. The maximum Gasteiger partial charge on any atom is 0.392 e. The summed E-state index contributed by atoms with van der Waals surface area (Å²) in [5, 5.41) is 8.55. The molecule has 0 amide bonds. The first kappa shape index (κ1) is 13.3. The topological polar surface area (TPSA) is 37.3 Å². The molecule has 0 bridgehead atoms. The van der Waals surface area contributed by atoms with Gasteiger partial charge in [0.25, 0.3) is 0 Å². The molecule has 0 saturated heterocycles. The van der Waals surface area contributed by atoms with Gasteiger partial charge in [-0.3, -0.25) is 4.79 Å². The molecule has 1 aliphatic rings. The molecule has 0 aromatic carbocycles. The lowest BCUT2D eigenvalue weighted by Crippen LogP contribution is -2.32. The van der Waals surface area contributed by atoms with Crippen molar-refractivity contribution in [1.29, 1.82) is 0 Å². The highest BCUT2D eigenvalue weighted by atomic mass is 19.4. The minimum atomic E-state index is -4.38. The van der Waals surface area contributed by atoms with Crippen LogP contribution >= 0.6 is 0 Å². The molecule has 16 heavy (non-hydrogen) atoms. The summed E-state index contributed by atoms with van der Waals surface area (Å²) in [6.07, 6.45) is -0.632.